The third kappa shape index (κ3) is 1.38. The molecule has 0 atom stereocenters. The van der Waals surface area contributed by atoms with E-state index in [0.717, 1.165) is 11.3 Å². The topological polar surface area (TPSA) is 25.0 Å². The summed E-state index contributed by atoms with van der Waals surface area (Å²) in [5, 5.41) is 1.21. The lowest BCUT2D eigenvalue weighted by molar-refractivity contribution is 0.415. The molecule has 2 aromatic rings. The fourth-order valence-electron chi connectivity index (χ4n) is 1.15. The first-order chi connectivity index (χ1) is 5.40. The number of H-pyrrole nitrogens is 1. The summed E-state index contributed by atoms with van der Waals surface area (Å²) < 4.78 is 5.07. The number of hydrogen-bond donors (Lipinski definition) is 1. The molecule has 12 heavy (non-hydrogen) atoms. The summed E-state index contributed by atoms with van der Waals surface area (Å²) in [7, 11) is 1.67. The van der Waals surface area contributed by atoms with Crippen LogP contribution in [0.2, 0.25) is 0 Å². The zero-order chi connectivity index (χ0) is 7.68. The van der Waals surface area contributed by atoms with E-state index in [1.54, 1.807) is 7.11 Å². The summed E-state index contributed by atoms with van der Waals surface area (Å²) in [6, 6.07) is 8.00. The van der Waals surface area contributed by atoms with E-state index in [-0.39, 0.29) is 12.4 Å². The van der Waals surface area contributed by atoms with Crippen molar-refractivity contribution in [2.75, 3.05) is 7.11 Å². The molecule has 0 bridgehead atoms. The number of methoxy groups -OCH3 is 1. The van der Waals surface area contributed by atoms with Gasteiger partial charge in [0.25, 0.3) is 0 Å². The second-order valence-electron chi connectivity index (χ2n) is 2.43. The van der Waals surface area contributed by atoms with Gasteiger partial charge >= 0.3 is 0 Å². The first-order valence-electron chi connectivity index (χ1n) is 3.51. The summed E-state index contributed by atoms with van der Waals surface area (Å²) in [4.78, 5) is 3.11. The number of ether oxygens (including phenoxy) is 1. The number of fused-ring (bicyclic) bond motifs is 1. The maximum absolute atomic E-state index is 5.07. The van der Waals surface area contributed by atoms with Gasteiger partial charge in [-0.1, -0.05) is 0 Å². The van der Waals surface area contributed by atoms with Crippen molar-refractivity contribution in [1.29, 1.82) is 0 Å². The van der Waals surface area contributed by atoms with Gasteiger partial charge in [0.15, 0.2) is 0 Å². The molecule has 0 aliphatic carbocycles. The van der Waals surface area contributed by atoms with Crippen molar-refractivity contribution >= 4 is 23.3 Å². The zero-order valence-corrected chi connectivity index (χ0v) is 7.52. The molecular formula is C9H10ClNO. The molecule has 2 nitrogen and oxygen atoms in total. The second-order valence-corrected chi connectivity index (χ2v) is 2.43. The van der Waals surface area contributed by atoms with E-state index in [1.807, 2.05) is 30.5 Å². The molecule has 0 fully saturated rings. The summed E-state index contributed by atoms with van der Waals surface area (Å²) in [6.45, 7) is 0. The van der Waals surface area contributed by atoms with Crippen molar-refractivity contribution in [1.82, 2.24) is 4.98 Å². The molecule has 0 radical (unpaired) electrons. The van der Waals surface area contributed by atoms with E-state index in [9.17, 15) is 0 Å². The number of aromatic amines is 1. The standard InChI is InChI=1S/C9H9NO.ClH/c1-11-8-3-2-7-4-5-10-9(7)6-8;/h2-6,10H,1H3;1H. The van der Waals surface area contributed by atoms with Crippen LogP contribution in [0.15, 0.2) is 30.5 Å². The Kier molecular flexibility index (Phi) is 2.61. The molecule has 0 saturated heterocycles. The average Bonchev–Trinajstić information content (AvgIpc) is 2.50. The largest absolute Gasteiger partial charge is 0.497 e. The molecule has 64 valence electrons. The lowest BCUT2D eigenvalue weighted by atomic mass is 10.2. The Morgan fingerprint density at radius 3 is 2.83 bits per heavy atom. The highest BCUT2D eigenvalue weighted by Crippen LogP contribution is 2.18. The van der Waals surface area contributed by atoms with Crippen LogP contribution in [-0.4, -0.2) is 12.1 Å². The van der Waals surface area contributed by atoms with Gasteiger partial charge in [-0.15, -0.1) is 12.4 Å². The van der Waals surface area contributed by atoms with Gasteiger partial charge in [0.2, 0.25) is 0 Å². The fourth-order valence-corrected chi connectivity index (χ4v) is 1.15. The summed E-state index contributed by atoms with van der Waals surface area (Å²) in [6.07, 6.45) is 1.92. The smallest absolute Gasteiger partial charge is 0.120 e. The number of rotatable bonds is 1. The predicted molar refractivity (Wildman–Crippen MR) is 52.1 cm³/mol. The van der Waals surface area contributed by atoms with Gasteiger partial charge < -0.3 is 9.72 Å². The van der Waals surface area contributed by atoms with Crippen LogP contribution in [0.4, 0.5) is 0 Å². The Balaban J connectivity index is 0.000000720. The molecule has 2 rings (SSSR count). The lowest BCUT2D eigenvalue weighted by Crippen LogP contribution is -1.80. The quantitative estimate of drug-likeness (QED) is 0.723. The van der Waals surface area contributed by atoms with E-state index in [0.29, 0.717) is 0 Å². The van der Waals surface area contributed by atoms with Gasteiger partial charge in [-0.25, -0.2) is 0 Å². The molecule has 0 spiro atoms. The summed E-state index contributed by atoms with van der Waals surface area (Å²) in [5.74, 6) is 0.889. The maximum Gasteiger partial charge on any atom is 0.120 e. The third-order valence-electron chi connectivity index (χ3n) is 1.76. The Morgan fingerprint density at radius 1 is 1.25 bits per heavy atom. The molecule has 0 unspecified atom stereocenters. The van der Waals surface area contributed by atoms with Crippen molar-refractivity contribution in [3.05, 3.63) is 30.5 Å². The van der Waals surface area contributed by atoms with E-state index in [4.69, 9.17) is 4.74 Å². The van der Waals surface area contributed by atoms with Crippen LogP contribution in [0.25, 0.3) is 10.9 Å². The minimum Gasteiger partial charge on any atom is -0.497 e. The zero-order valence-electron chi connectivity index (χ0n) is 6.70. The lowest BCUT2D eigenvalue weighted by Gasteiger charge is -1.97. The number of halogens is 1. The second kappa shape index (κ2) is 3.50. The fraction of sp³-hybridized carbons (Fsp3) is 0.111. The van der Waals surface area contributed by atoms with E-state index >= 15 is 0 Å². The van der Waals surface area contributed by atoms with Crippen LogP contribution in [0.5, 0.6) is 5.75 Å². The Morgan fingerprint density at radius 2 is 2.08 bits per heavy atom. The molecule has 0 amide bonds. The molecule has 3 heteroatoms. The Bertz CT molecular complexity index is 369. The van der Waals surface area contributed by atoms with Gasteiger partial charge in [-0.3, -0.25) is 0 Å². The Hall–Kier alpha value is -1.15. The number of benzene rings is 1. The number of hydrogen-bond acceptors (Lipinski definition) is 1. The van der Waals surface area contributed by atoms with Gasteiger partial charge in [0, 0.05) is 17.8 Å². The van der Waals surface area contributed by atoms with E-state index in [1.165, 1.54) is 5.39 Å². The minimum absolute atomic E-state index is 0. The van der Waals surface area contributed by atoms with Crippen molar-refractivity contribution < 1.29 is 4.74 Å². The predicted octanol–water partition coefficient (Wildman–Crippen LogP) is 2.60. The molecular weight excluding hydrogens is 174 g/mol. The van der Waals surface area contributed by atoms with E-state index < -0.39 is 0 Å². The van der Waals surface area contributed by atoms with Crippen LogP contribution in [0.3, 0.4) is 0 Å². The molecule has 1 heterocycles. The van der Waals surface area contributed by atoms with Crippen LogP contribution in [-0.2, 0) is 0 Å². The van der Waals surface area contributed by atoms with Crippen LogP contribution < -0.4 is 4.74 Å². The highest BCUT2D eigenvalue weighted by molar-refractivity contribution is 5.85. The van der Waals surface area contributed by atoms with Crippen LogP contribution in [0.1, 0.15) is 0 Å². The van der Waals surface area contributed by atoms with Crippen molar-refractivity contribution in [2.24, 2.45) is 0 Å². The van der Waals surface area contributed by atoms with Crippen LogP contribution >= 0.6 is 12.4 Å². The van der Waals surface area contributed by atoms with E-state index in [2.05, 4.69) is 4.98 Å². The first kappa shape index (κ1) is 8.94. The van der Waals surface area contributed by atoms with Crippen LogP contribution in [0, 0.1) is 0 Å². The highest BCUT2D eigenvalue weighted by atomic mass is 35.5. The monoisotopic (exact) mass is 183 g/mol. The minimum atomic E-state index is 0. The first-order valence-corrected chi connectivity index (χ1v) is 3.51. The van der Waals surface area contributed by atoms with Crippen molar-refractivity contribution in [3.8, 4) is 5.75 Å². The average molecular weight is 184 g/mol. The SMILES string of the molecule is COc1ccc2cc[nH]c2c1.Cl. The highest BCUT2D eigenvalue weighted by Gasteiger charge is 1.94. The van der Waals surface area contributed by atoms with Gasteiger partial charge in [-0.2, -0.15) is 0 Å². The molecule has 0 aliphatic rings. The molecule has 1 N–H and O–H groups in total. The van der Waals surface area contributed by atoms with Gasteiger partial charge in [-0.05, 0) is 23.6 Å². The summed E-state index contributed by atoms with van der Waals surface area (Å²) in [5.41, 5.74) is 1.12. The number of aromatic nitrogens is 1. The van der Waals surface area contributed by atoms with Gasteiger partial charge in [0.1, 0.15) is 5.75 Å². The Labute approximate surface area is 77.0 Å². The molecule has 0 aliphatic heterocycles. The molecule has 1 aromatic carbocycles. The van der Waals surface area contributed by atoms with Crippen molar-refractivity contribution in [3.63, 3.8) is 0 Å². The van der Waals surface area contributed by atoms with Gasteiger partial charge in [0.05, 0.1) is 7.11 Å². The third-order valence-corrected chi connectivity index (χ3v) is 1.76. The summed E-state index contributed by atoms with van der Waals surface area (Å²) >= 11 is 0. The normalized spacial score (nSPS) is 9.42. The maximum atomic E-state index is 5.07. The molecule has 0 saturated carbocycles. The van der Waals surface area contributed by atoms with Crippen molar-refractivity contribution in [2.45, 2.75) is 0 Å². The number of nitrogens with one attached hydrogen (secondary N) is 1. The molecule has 1 aromatic heterocycles.